The number of hydrogen-bond acceptors (Lipinski definition) is 6. The average molecular weight is 395 g/mol. The van der Waals surface area contributed by atoms with Gasteiger partial charge >= 0.3 is 6.03 Å². The highest BCUT2D eigenvalue weighted by molar-refractivity contribution is 7.99. The first kappa shape index (κ1) is 18.9. The maximum absolute atomic E-state index is 12.4. The maximum Gasteiger partial charge on any atom is 0.321 e. The van der Waals surface area contributed by atoms with Crippen molar-refractivity contribution < 1.29 is 9.59 Å². The number of H-pyrrole nitrogens is 1. The van der Waals surface area contributed by atoms with Crippen LogP contribution in [-0.2, 0) is 17.6 Å². The van der Waals surface area contributed by atoms with Gasteiger partial charge < -0.3 is 10.3 Å². The van der Waals surface area contributed by atoms with Crippen molar-refractivity contribution in [2.45, 2.75) is 57.1 Å². The van der Waals surface area contributed by atoms with Gasteiger partial charge in [-0.3, -0.25) is 14.9 Å². The van der Waals surface area contributed by atoms with Crippen LogP contribution >= 0.6 is 23.1 Å². The van der Waals surface area contributed by atoms with Gasteiger partial charge in [-0.1, -0.05) is 11.8 Å². The van der Waals surface area contributed by atoms with Crippen LogP contribution in [0.1, 0.15) is 44.1 Å². The van der Waals surface area contributed by atoms with Crippen LogP contribution in [0.25, 0.3) is 10.2 Å². The van der Waals surface area contributed by atoms with E-state index in [0.717, 1.165) is 47.8 Å². The van der Waals surface area contributed by atoms with Crippen molar-refractivity contribution in [1.82, 2.24) is 20.6 Å². The minimum atomic E-state index is -0.536. The molecular formula is C17H22N4O3S2. The number of hydrogen-bond donors (Lipinski definition) is 3. The minimum absolute atomic E-state index is 0.00288. The molecule has 3 amide bonds. The van der Waals surface area contributed by atoms with E-state index in [1.807, 2.05) is 20.8 Å². The third-order valence-corrected chi connectivity index (χ3v) is 5.94. The molecule has 0 unspecified atom stereocenters. The molecular weight excluding hydrogens is 372 g/mol. The molecule has 0 saturated heterocycles. The summed E-state index contributed by atoms with van der Waals surface area (Å²) in [5.74, 6) is -0.443. The van der Waals surface area contributed by atoms with Crippen LogP contribution in [0.2, 0.25) is 0 Å². The van der Waals surface area contributed by atoms with Gasteiger partial charge in [-0.05, 0) is 52.0 Å². The van der Waals surface area contributed by atoms with Gasteiger partial charge in [0, 0.05) is 10.4 Å². The molecule has 0 aliphatic heterocycles. The number of carbonyl (C=O) groups is 2. The Labute approximate surface area is 159 Å². The lowest BCUT2D eigenvalue weighted by Gasteiger charge is -2.20. The van der Waals surface area contributed by atoms with Gasteiger partial charge in [0.1, 0.15) is 4.83 Å². The molecule has 2 aromatic rings. The Morgan fingerprint density at radius 1 is 1.27 bits per heavy atom. The topological polar surface area (TPSA) is 104 Å². The summed E-state index contributed by atoms with van der Waals surface area (Å²) in [7, 11) is 0. The Balaban J connectivity index is 1.67. The number of thioether (sulfide) groups is 1. The highest BCUT2D eigenvalue weighted by Crippen LogP contribution is 2.34. The van der Waals surface area contributed by atoms with Crippen molar-refractivity contribution in [3.8, 4) is 0 Å². The zero-order chi connectivity index (χ0) is 18.9. The number of rotatable bonds is 3. The van der Waals surface area contributed by atoms with E-state index in [2.05, 4.69) is 20.6 Å². The fraction of sp³-hybridized carbons (Fsp3) is 0.529. The second kappa shape index (κ2) is 7.40. The number of carbonyl (C=O) groups excluding carboxylic acids is 2. The van der Waals surface area contributed by atoms with E-state index in [1.165, 1.54) is 4.88 Å². The molecule has 1 aliphatic rings. The van der Waals surface area contributed by atoms with Crippen molar-refractivity contribution in [1.29, 1.82) is 0 Å². The van der Waals surface area contributed by atoms with Crippen molar-refractivity contribution >= 4 is 45.3 Å². The molecule has 3 rings (SSSR count). The van der Waals surface area contributed by atoms with Gasteiger partial charge in [-0.15, -0.1) is 11.3 Å². The molecule has 2 aromatic heterocycles. The first-order valence-corrected chi connectivity index (χ1v) is 10.3. The van der Waals surface area contributed by atoms with Crippen molar-refractivity contribution in [3.05, 3.63) is 20.8 Å². The molecule has 26 heavy (non-hydrogen) atoms. The fourth-order valence-corrected chi connectivity index (χ4v) is 4.86. The fourth-order valence-electron chi connectivity index (χ4n) is 2.88. The number of aromatic nitrogens is 2. The largest absolute Gasteiger partial charge is 0.333 e. The van der Waals surface area contributed by atoms with Gasteiger partial charge in [0.15, 0.2) is 5.16 Å². The number of nitrogens with zero attached hydrogens (tertiary/aromatic N) is 1. The number of imide groups is 1. The summed E-state index contributed by atoms with van der Waals surface area (Å²) in [6.07, 6.45) is 4.18. The monoisotopic (exact) mass is 394 g/mol. The minimum Gasteiger partial charge on any atom is -0.333 e. The second-order valence-electron chi connectivity index (χ2n) is 7.30. The lowest BCUT2D eigenvalue weighted by atomic mass is 9.97. The Kier molecular flexibility index (Phi) is 5.38. The van der Waals surface area contributed by atoms with E-state index in [4.69, 9.17) is 0 Å². The van der Waals surface area contributed by atoms with E-state index in [1.54, 1.807) is 11.3 Å². The molecule has 0 saturated carbocycles. The van der Waals surface area contributed by atoms with Gasteiger partial charge in [0.25, 0.3) is 5.56 Å². The van der Waals surface area contributed by atoms with Crippen LogP contribution in [0.15, 0.2) is 9.95 Å². The normalized spacial score (nSPS) is 14.1. The number of aromatic amines is 1. The number of aryl methyl sites for hydroxylation is 2. The summed E-state index contributed by atoms with van der Waals surface area (Å²) in [5, 5.41) is 6.02. The zero-order valence-corrected chi connectivity index (χ0v) is 16.7. The number of urea groups is 1. The third-order valence-electron chi connectivity index (χ3n) is 3.88. The van der Waals surface area contributed by atoms with E-state index in [9.17, 15) is 14.4 Å². The molecule has 0 aromatic carbocycles. The molecule has 0 spiro atoms. The lowest BCUT2D eigenvalue weighted by Crippen LogP contribution is -2.48. The highest BCUT2D eigenvalue weighted by Gasteiger charge is 2.20. The summed E-state index contributed by atoms with van der Waals surface area (Å²) in [6.45, 7) is 5.49. The molecule has 7 nitrogen and oxygen atoms in total. The Bertz CT molecular complexity index is 911. The maximum atomic E-state index is 12.4. The molecule has 0 atom stereocenters. The standard InChI is InChI=1S/C17H22N4O3S2/c1-17(2,3)21-15(24)18-11(22)8-25-16-19-13(23)12-9-6-4-5-7-10(9)26-14(12)20-16/h4-8H2,1-3H3,(H,19,20,23)(H2,18,21,22,24). The molecule has 3 N–H and O–H groups in total. The van der Waals surface area contributed by atoms with Crippen LogP contribution in [0, 0.1) is 0 Å². The zero-order valence-electron chi connectivity index (χ0n) is 15.0. The summed E-state index contributed by atoms with van der Waals surface area (Å²) in [4.78, 5) is 45.3. The molecule has 1 aliphatic carbocycles. The van der Waals surface area contributed by atoms with Gasteiger partial charge in [0.2, 0.25) is 5.91 Å². The Morgan fingerprint density at radius 2 is 2.00 bits per heavy atom. The third kappa shape index (κ3) is 4.45. The molecule has 0 bridgehead atoms. The van der Waals surface area contributed by atoms with Crippen LogP contribution in [0.5, 0.6) is 0 Å². The summed E-state index contributed by atoms with van der Waals surface area (Å²) in [5.41, 5.74) is 0.564. The smallest absolute Gasteiger partial charge is 0.321 e. The first-order chi connectivity index (χ1) is 12.2. The Morgan fingerprint density at radius 3 is 2.73 bits per heavy atom. The van der Waals surface area contributed by atoms with Crippen LogP contribution in [-0.4, -0.2) is 33.2 Å². The van der Waals surface area contributed by atoms with E-state index in [0.29, 0.717) is 10.5 Å². The van der Waals surface area contributed by atoms with Gasteiger partial charge in [-0.2, -0.15) is 0 Å². The van der Waals surface area contributed by atoms with Crippen LogP contribution in [0.4, 0.5) is 4.79 Å². The molecule has 140 valence electrons. The molecule has 2 heterocycles. The highest BCUT2D eigenvalue weighted by atomic mass is 32.2. The Hall–Kier alpha value is -1.87. The average Bonchev–Trinajstić information content (AvgIpc) is 2.89. The number of nitrogens with one attached hydrogen (secondary N) is 3. The summed E-state index contributed by atoms with van der Waals surface area (Å²) >= 11 is 2.68. The first-order valence-electron chi connectivity index (χ1n) is 8.52. The van der Waals surface area contributed by atoms with Gasteiger partial charge in [0.05, 0.1) is 11.1 Å². The summed E-state index contributed by atoms with van der Waals surface area (Å²) in [6, 6.07) is -0.536. The van der Waals surface area contributed by atoms with E-state index in [-0.39, 0.29) is 11.3 Å². The predicted molar refractivity (Wildman–Crippen MR) is 104 cm³/mol. The second-order valence-corrected chi connectivity index (χ2v) is 9.35. The number of thiophene rings is 1. The van der Waals surface area contributed by atoms with Crippen LogP contribution in [0.3, 0.4) is 0 Å². The molecule has 0 radical (unpaired) electrons. The van der Waals surface area contributed by atoms with Crippen molar-refractivity contribution in [3.63, 3.8) is 0 Å². The molecule has 0 fully saturated rings. The predicted octanol–water partition coefficient (Wildman–Crippen LogP) is 2.58. The van der Waals surface area contributed by atoms with Crippen molar-refractivity contribution in [2.24, 2.45) is 0 Å². The molecule has 9 heteroatoms. The SMILES string of the molecule is CC(C)(C)NC(=O)NC(=O)CSc1nc2sc3c(c2c(=O)[nH]1)CCCC3. The lowest BCUT2D eigenvalue weighted by molar-refractivity contribution is -0.117. The number of fused-ring (bicyclic) bond motifs is 3. The number of amides is 3. The quantitative estimate of drug-likeness (QED) is 0.548. The van der Waals surface area contributed by atoms with Crippen LogP contribution < -0.4 is 16.2 Å². The van der Waals surface area contributed by atoms with E-state index < -0.39 is 17.5 Å². The van der Waals surface area contributed by atoms with E-state index >= 15 is 0 Å². The van der Waals surface area contributed by atoms with Crippen molar-refractivity contribution in [2.75, 3.05) is 5.75 Å². The summed E-state index contributed by atoms with van der Waals surface area (Å²) < 4.78 is 0. The van der Waals surface area contributed by atoms with Gasteiger partial charge in [-0.25, -0.2) is 9.78 Å².